The van der Waals surface area contributed by atoms with Crippen LogP contribution >= 0.6 is 11.6 Å². The van der Waals surface area contributed by atoms with Crippen LogP contribution in [0.15, 0.2) is 48.5 Å². The van der Waals surface area contributed by atoms with Crippen molar-refractivity contribution in [3.05, 3.63) is 64.7 Å². The lowest BCUT2D eigenvalue weighted by Gasteiger charge is -2.23. The van der Waals surface area contributed by atoms with Crippen LogP contribution < -0.4 is 4.90 Å². The number of fused-ring (bicyclic) bond motifs is 1. The third-order valence-electron chi connectivity index (χ3n) is 4.52. The molecule has 0 aromatic heterocycles. The van der Waals surface area contributed by atoms with Crippen LogP contribution in [0, 0.1) is 0 Å². The highest BCUT2D eigenvalue weighted by atomic mass is 35.5. The number of benzene rings is 2. The maximum absolute atomic E-state index is 12.6. The molecule has 0 bridgehead atoms. The van der Waals surface area contributed by atoms with E-state index in [1.165, 1.54) is 12.5 Å². The maximum atomic E-state index is 12.6. The van der Waals surface area contributed by atoms with Crippen LogP contribution in [-0.4, -0.2) is 29.8 Å². The van der Waals surface area contributed by atoms with Crippen LogP contribution in [0.4, 0.5) is 5.69 Å². The molecule has 130 valence electrons. The molecule has 2 aromatic carbocycles. The number of hydrogen-bond acceptors (Lipinski definition) is 2. The minimum absolute atomic E-state index is 0.0374. The summed E-state index contributed by atoms with van der Waals surface area (Å²) >= 11 is 5.90. The number of amides is 2. The van der Waals surface area contributed by atoms with Gasteiger partial charge < -0.3 is 9.80 Å². The van der Waals surface area contributed by atoms with E-state index < -0.39 is 0 Å². The molecule has 2 amide bonds. The second kappa shape index (κ2) is 7.70. The van der Waals surface area contributed by atoms with Crippen molar-refractivity contribution in [2.24, 2.45) is 0 Å². The number of carbonyl (C=O) groups excluding carboxylic acids is 2. The zero-order valence-electron chi connectivity index (χ0n) is 14.2. The minimum atomic E-state index is -0.0374. The normalized spacial score (nSPS) is 12.8. The first-order valence-corrected chi connectivity index (χ1v) is 8.80. The third kappa shape index (κ3) is 4.20. The van der Waals surface area contributed by atoms with Crippen molar-refractivity contribution >= 4 is 29.1 Å². The Balaban J connectivity index is 1.61. The fraction of sp³-hybridized carbons (Fsp3) is 0.300. The highest BCUT2D eigenvalue weighted by molar-refractivity contribution is 6.30. The SMILES string of the molecule is CC(=O)N(CCC(=O)N1CCc2ccccc21)Cc1ccc(Cl)cc1. The molecule has 2 aromatic rings. The molecule has 25 heavy (non-hydrogen) atoms. The van der Waals surface area contributed by atoms with Gasteiger partial charge in [-0.3, -0.25) is 9.59 Å². The molecule has 3 rings (SSSR count). The number of anilines is 1. The van der Waals surface area contributed by atoms with Gasteiger partial charge in [-0.1, -0.05) is 41.9 Å². The van der Waals surface area contributed by atoms with Gasteiger partial charge in [-0.15, -0.1) is 0 Å². The molecule has 0 atom stereocenters. The van der Waals surface area contributed by atoms with E-state index in [0.717, 1.165) is 24.2 Å². The minimum Gasteiger partial charge on any atom is -0.338 e. The van der Waals surface area contributed by atoms with Crippen molar-refractivity contribution in [3.8, 4) is 0 Å². The van der Waals surface area contributed by atoms with Crippen LogP contribution in [0.2, 0.25) is 5.02 Å². The van der Waals surface area contributed by atoms with Gasteiger partial charge in [0.2, 0.25) is 11.8 Å². The van der Waals surface area contributed by atoms with E-state index >= 15 is 0 Å². The summed E-state index contributed by atoms with van der Waals surface area (Å²) in [5, 5.41) is 0.668. The van der Waals surface area contributed by atoms with E-state index in [1.54, 1.807) is 4.90 Å². The van der Waals surface area contributed by atoms with Gasteiger partial charge in [-0.25, -0.2) is 0 Å². The van der Waals surface area contributed by atoms with Crippen LogP contribution in [0.5, 0.6) is 0 Å². The van der Waals surface area contributed by atoms with E-state index in [1.807, 2.05) is 47.4 Å². The summed E-state index contributed by atoms with van der Waals surface area (Å²) in [5.41, 5.74) is 3.21. The van der Waals surface area contributed by atoms with Gasteiger partial charge in [-0.2, -0.15) is 0 Å². The number of nitrogens with zero attached hydrogens (tertiary/aromatic N) is 2. The summed E-state index contributed by atoms with van der Waals surface area (Å²) in [6, 6.07) is 15.4. The standard InChI is InChI=1S/C20H21ClN2O2/c1-15(24)22(14-16-6-8-18(21)9-7-16)12-11-20(25)23-13-10-17-4-2-3-5-19(17)23/h2-9H,10-14H2,1H3. The average molecular weight is 357 g/mol. The second-order valence-corrected chi connectivity index (χ2v) is 6.68. The Kier molecular flexibility index (Phi) is 5.39. The van der Waals surface area contributed by atoms with Gasteiger partial charge in [0, 0.05) is 43.7 Å². The highest BCUT2D eigenvalue weighted by Gasteiger charge is 2.24. The van der Waals surface area contributed by atoms with E-state index in [0.29, 0.717) is 24.5 Å². The fourth-order valence-electron chi connectivity index (χ4n) is 3.12. The summed E-state index contributed by atoms with van der Waals surface area (Å²) in [6.07, 6.45) is 1.21. The van der Waals surface area contributed by atoms with Gasteiger partial charge in [0.1, 0.15) is 0 Å². The summed E-state index contributed by atoms with van der Waals surface area (Å²) < 4.78 is 0. The molecule has 0 saturated heterocycles. The number of para-hydroxylation sites is 1. The summed E-state index contributed by atoms with van der Waals surface area (Å²) in [4.78, 5) is 28.1. The topological polar surface area (TPSA) is 40.6 Å². The predicted molar refractivity (Wildman–Crippen MR) is 99.7 cm³/mol. The molecular weight excluding hydrogens is 336 g/mol. The first kappa shape index (κ1) is 17.5. The number of halogens is 1. The van der Waals surface area contributed by atoms with Gasteiger partial charge in [0.05, 0.1) is 0 Å². The molecule has 0 fully saturated rings. The lowest BCUT2D eigenvalue weighted by molar-refractivity contribution is -0.130. The molecule has 4 nitrogen and oxygen atoms in total. The summed E-state index contributed by atoms with van der Waals surface area (Å²) in [5.74, 6) is 0.0249. The van der Waals surface area contributed by atoms with Gasteiger partial charge in [0.25, 0.3) is 0 Å². The van der Waals surface area contributed by atoms with Gasteiger partial charge in [-0.05, 0) is 35.7 Å². The van der Waals surface area contributed by atoms with Crippen molar-refractivity contribution in [2.75, 3.05) is 18.0 Å². The van der Waals surface area contributed by atoms with Crippen molar-refractivity contribution in [3.63, 3.8) is 0 Å². The van der Waals surface area contributed by atoms with Gasteiger partial charge in [0.15, 0.2) is 0 Å². The highest BCUT2D eigenvalue weighted by Crippen LogP contribution is 2.27. The molecule has 0 spiro atoms. The van der Waals surface area contributed by atoms with Crippen molar-refractivity contribution in [1.29, 1.82) is 0 Å². The Bertz CT molecular complexity index is 774. The number of carbonyl (C=O) groups is 2. The van der Waals surface area contributed by atoms with Gasteiger partial charge >= 0.3 is 0 Å². The lowest BCUT2D eigenvalue weighted by atomic mass is 10.2. The van der Waals surface area contributed by atoms with Crippen LogP contribution in [0.1, 0.15) is 24.5 Å². The van der Waals surface area contributed by atoms with E-state index in [2.05, 4.69) is 6.07 Å². The first-order valence-electron chi connectivity index (χ1n) is 8.43. The molecule has 1 aliphatic heterocycles. The van der Waals surface area contributed by atoms with E-state index in [9.17, 15) is 9.59 Å². The summed E-state index contributed by atoms with van der Waals surface area (Å²) in [6.45, 7) is 3.15. The average Bonchev–Trinajstić information content (AvgIpc) is 3.04. The van der Waals surface area contributed by atoms with Crippen molar-refractivity contribution < 1.29 is 9.59 Å². The maximum Gasteiger partial charge on any atom is 0.228 e. The monoisotopic (exact) mass is 356 g/mol. The van der Waals surface area contributed by atoms with Crippen LogP contribution in [0.25, 0.3) is 0 Å². The fourth-order valence-corrected chi connectivity index (χ4v) is 3.25. The van der Waals surface area contributed by atoms with Crippen molar-refractivity contribution in [2.45, 2.75) is 26.3 Å². The van der Waals surface area contributed by atoms with Crippen LogP contribution in [0.3, 0.4) is 0 Å². The Morgan fingerprint density at radius 3 is 2.56 bits per heavy atom. The Labute approximate surface area is 153 Å². The molecular formula is C20H21ClN2O2. The zero-order valence-corrected chi connectivity index (χ0v) is 15.0. The van der Waals surface area contributed by atoms with E-state index in [4.69, 9.17) is 11.6 Å². The molecule has 1 heterocycles. The number of hydrogen-bond donors (Lipinski definition) is 0. The molecule has 0 aliphatic carbocycles. The van der Waals surface area contributed by atoms with E-state index in [-0.39, 0.29) is 11.8 Å². The molecule has 0 unspecified atom stereocenters. The number of rotatable bonds is 5. The first-order chi connectivity index (χ1) is 12.0. The molecule has 5 heteroatoms. The Hall–Kier alpha value is -2.33. The quantitative estimate of drug-likeness (QED) is 0.820. The smallest absolute Gasteiger partial charge is 0.228 e. The largest absolute Gasteiger partial charge is 0.338 e. The van der Waals surface area contributed by atoms with Crippen LogP contribution in [-0.2, 0) is 22.6 Å². The Morgan fingerprint density at radius 1 is 1.12 bits per heavy atom. The molecule has 0 radical (unpaired) electrons. The molecule has 0 saturated carbocycles. The predicted octanol–water partition coefficient (Wildman–Crippen LogP) is 3.67. The lowest BCUT2D eigenvalue weighted by Crippen LogP contribution is -2.35. The van der Waals surface area contributed by atoms with Crippen molar-refractivity contribution in [1.82, 2.24) is 4.90 Å². The zero-order chi connectivity index (χ0) is 17.8. The molecule has 1 aliphatic rings. The summed E-state index contributed by atoms with van der Waals surface area (Å²) in [7, 11) is 0. The molecule has 0 N–H and O–H groups in total. The Morgan fingerprint density at radius 2 is 1.84 bits per heavy atom. The third-order valence-corrected chi connectivity index (χ3v) is 4.77. The second-order valence-electron chi connectivity index (χ2n) is 6.24.